The highest BCUT2D eigenvalue weighted by atomic mass is 35.5. The Bertz CT molecular complexity index is 799. The van der Waals surface area contributed by atoms with Gasteiger partial charge in [0, 0.05) is 24.5 Å². The first-order valence-corrected chi connectivity index (χ1v) is 9.93. The van der Waals surface area contributed by atoms with Gasteiger partial charge in [0.25, 0.3) is 0 Å². The summed E-state index contributed by atoms with van der Waals surface area (Å²) in [6, 6.07) is 6.20. The molecule has 0 spiro atoms. The molecule has 1 aliphatic heterocycles. The second-order valence-electron chi connectivity index (χ2n) is 7.51. The number of hydrogen-bond donors (Lipinski definition) is 3. The molecule has 1 heterocycles. The van der Waals surface area contributed by atoms with Gasteiger partial charge in [0.1, 0.15) is 5.54 Å². The minimum atomic E-state index is -3.77. The highest BCUT2D eigenvalue weighted by molar-refractivity contribution is 7.89. The van der Waals surface area contributed by atoms with Gasteiger partial charge in [-0.2, -0.15) is 0 Å². The molecule has 2 fully saturated rings. The van der Waals surface area contributed by atoms with E-state index >= 15 is 0 Å². The fourth-order valence-corrected chi connectivity index (χ4v) is 4.78. The van der Waals surface area contributed by atoms with E-state index in [4.69, 9.17) is 15.6 Å². The fourth-order valence-electron chi connectivity index (χ4n) is 4.20. The minimum Gasteiger partial charge on any atom is -0.377 e. The Hall–Kier alpha value is -1.19. The smallest absolute Gasteiger partial charge is 0.241 e. The van der Waals surface area contributed by atoms with Crippen LogP contribution in [-0.4, -0.2) is 32.6 Å². The molecule has 1 saturated heterocycles. The Labute approximate surface area is 160 Å². The topological polar surface area (TPSA) is 125 Å². The number of hydrogen-bond acceptors (Lipinski definition) is 5. The van der Waals surface area contributed by atoms with Crippen molar-refractivity contribution in [2.24, 2.45) is 22.2 Å². The monoisotopic (exact) mass is 403 g/mol. The molecule has 0 bridgehead atoms. The highest BCUT2D eigenvalue weighted by Gasteiger charge is 2.70. The summed E-state index contributed by atoms with van der Waals surface area (Å²) in [5.41, 5.74) is 5.74. The summed E-state index contributed by atoms with van der Waals surface area (Å²) in [4.78, 5) is 12.9. The number of ether oxygens (including phenoxy) is 1. The number of rotatable bonds is 4. The molecule has 1 aliphatic carbocycles. The summed E-state index contributed by atoms with van der Waals surface area (Å²) in [6.45, 7) is 4.82. The van der Waals surface area contributed by atoms with Crippen LogP contribution in [-0.2, 0) is 26.1 Å². The maximum Gasteiger partial charge on any atom is 0.241 e. The van der Waals surface area contributed by atoms with Crippen LogP contribution in [0.4, 0.5) is 0 Å². The molecular formula is C17H26ClN3O4S. The van der Waals surface area contributed by atoms with Gasteiger partial charge in [0.2, 0.25) is 15.9 Å². The molecular weight excluding hydrogens is 378 g/mol. The van der Waals surface area contributed by atoms with Crippen LogP contribution < -0.4 is 16.2 Å². The van der Waals surface area contributed by atoms with Crippen LogP contribution in [0.1, 0.15) is 32.3 Å². The van der Waals surface area contributed by atoms with Crippen molar-refractivity contribution in [1.82, 2.24) is 5.32 Å². The molecule has 2 aliphatic rings. The zero-order valence-electron chi connectivity index (χ0n) is 14.9. The average Bonchev–Trinajstić information content (AvgIpc) is 2.58. The Morgan fingerprint density at radius 3 is 2.73 bits per heavy atom. The van der Waals surface area contributed by atoms with Crippen LogP contribution in [0, 0.1) is 11.3 Å². The van der Waals surface area contributed by atoms with Crippen LogP contribution in [0.2, 0.25) is 0 Å². The maximum atomic E-state index is 12.8. The Kier molecular flexibility index (Phi) is 5.76. The normalized spacial score (nSPS) is 29.7. The molecule has 1 aromatic carbocycles. The number of fused-ring (bicyclic) bond motifs is 1. The van der Waals surface area contributed by atoms with Crippen molar-refractivity contribution in [3.63, 3.8) is 0 Å². The molecule has 3 rings (SSSR count). The van der Waals surface area contributed by atoms with E-state index in [1.807, 2.05) is 13.8 Å². The Morgan fingerprint density at radius 2 is 2.08 bits per heavy atom. The van der Waals surface area contributed by atoms with Gasteiger partial charge in [0.15, 0.2) is 0 Å². The number of primary sulfonamides is 1. The van der Waals surface area contributed by atoms with Gasteiger partial charge in [-0.3, -0.25) is 4.79 Å². The largest absolute Gasteiger partial charge is 0.377 e. The lowest BCUT2D eigenvalue weighted by Crippen LogP contribution is -2.82. The summed E-state index contributed by atoms with van der Waals surface area (Å²) < 4.78 is 28.7. The number of amides is 1. The van der Waals surface area contributed by atoms with E-state index in [0.29, 0.717) is 12.2 Å². The summed E-state index contributed by atoms with van der Waals surface area (Å²) in [5, 5.41) is 7.99. The van der Waals surface area contributed by atoms with Gasteiger partial charge < -0.3 is 15.8 Å². The van der Waals surface area contributed by atoms with Crippen LogP contribution in [0.5, 0.6) is 0 Å². The molecule has 26 heavy (non-hydrogen) atoms. The quantitative estimate of drug-likeness (QED) is 0.688. The summed E-state index contributed by atoms with van der Waals surface area (Å²) in [6.07, 6.45) is 1.78. The molecule has 0 aromatic heterocycles. The van der Waals surface area contributed by atoms with Gasteiger partial charge >= 0.3 is 0 Å². The van der Waals surface area contributed by atoms with E-state index in [-0.39, 0.29) is 41.8 Å². The number of benzene rings is 1. The lowest BCUT2D eigenvalue weighted by molar-refractivity contribution is -0.225. The van der Waals surface area contributed by atoms with Crippen molar-refractivity contribution in [1.29, 1.82) is 0 Å². The van der Waals surface area contributed by atoms with Crippen LogP contribution >= 0.6 is 12.4 Å². The molecule has 146 valence electrons. The first-order valence-electron chi connectivity index (χ1n) is 8.39. The molecule has 3 atom stereocenters. The highest BCUT2D eigenvalue weighted by Crippen LogP contribution is 2.57. The number of carbonyl (C=O) groups excluding carboxylic acids is 1. The van der Waals surface area contributed by atoms with Gasteiger partial charge in [-0.15, -0.1) is 12.4 Å². The zero-order chi connectivity index (χ0) is 18.5. The molecule has 9 heteroatoms. The third kappa shape index (κ3) is 3.25. The maximum absolute atomic E-state index is 12.8. The summed E-state index contributed by atoms with van der Waals surface area (Å²) in [7, 11) is -3.77. The summed E-state index contributed by atoms with van der Waals surface area (Å²) in [5.74, 6) is -0.225. The van der Waals surface area contributed by atoms with Crippen molar-refractivity contribution in [3.8, 4) is 0 Å². The van der Waals surface area contributed by atoms with Crippen LogP contribution in [0.15, 0.2) is 29.2 Å². The molecule has 3 unspecified atom stereocenters. The fraction of sp³-hybridized carbons (Fsp3) is 0.588. The first kappa shape index (κ1) is 21.1. The van der Waals surface area contributed by atoms with Crippen molar-refractivity contribution < 1.29 is 17.9 Å². The predicted molar refractivity (Wildman–Crippen MR) is 100 cm³/mol. The molecule has 5 N–H and O–H groups in total. The van der Waals surface area contributed by atoms with Gasteiger partial charge in [-0.1, -0.05) is 26.0 Å². The van der Waals surface area contributed by atoms with Crippen molar-refractivity contribution in [2.75, 3.05) is 6.61 Å². The number of carbonyl (C=O) groups is 1. The second kappa shape index (κ2) is 7.09. The second-order valence-corrected chi connectivity index (χ2v) is 9.07. The number of nitrogens with one attached hydrogen (secondary N) is 1. The lowest BCUT2D eigenvalue weighted by Gasteiger charge is -2.65. The van der Waals surface area contributed by atoms with E-state index in [9.17, 15) is 13.2 Å². The minimum absolute atomic E-state index is 0. The van der Waals surface area contributed by atoms with Crippen molar-refractivity contribution >= 4 is 28.3 Å². The van der Waals surface area contributed by atoms with E-state index in [0.717, 1.165) is 12.8 Å². The van der Waals surface area contributed by atoms with E-state index in [1.165, 1.54) is 12.1 Å². The third-order valence-electron chi connectivity index (χ3n) is 5.74. The summed E-state index contributed by atoms with van der Waals surface area (Å²) >= 11 is 0. The van der Waals surface area contributed by atoms with Gasteiger partial charge in [-0.05, 0) is 30.5 Å². The van der Waals surface area contributed by atoms with Gasteiger partial charge in [0.05, 0.1) is 11.0 Å². The number of sulfonamides is 1. The average molecular weight is 404 g/mol. The van der Waals surface area contributed by atoms with E-state index < -0.39 is 21.0 Å². The van der Waals surface area contributed by atoms with E-state index in [2.05, 4.69) is 5.32 Å². The van der Waals surface area contributed by atoms with Gasteiger partial charge in [-0.25, -0.2) is 13.6 Å². The Morgan fingerprint density at radius 1 is 1.38 bits per heavy atom. The lowest BCUT2D eigenvalue weighted by atomic mass is 9.46. The van der Waals surface area contributed by atoms with E-state index in [1.54, 1.807) is 12.1 Å². The van der Waals surface area contributed by atoms with Crippen LogP contribution in [0.3, 0.4) is 0 Å². The zero-order valence-corrected chi connectivity index (χ0v) is 16.5. The molecule has 1 aromatic rings. The predicted octanol–water partition coefficient (Wildman–Crippen LogP) is 0.905. The molecule has 1 saturated carbocycles. The third-order valence-corrected chi connectivity index (χ3v) is 6.65. The number of halogens is 1. The van der Waals surface area contributed by atoms with Crippen molar-refractivity contribution in [2.45, 2.75) is 49.8 Å². The number of nitrogens with two attached hydrogens (primary N) is 2. The standard InChI is InChI=1S/C17H25N3O4S.ClH/c1-16(2)14-13(7-4-8-24-14)17(16,18)15(21)20-10-11-5-3-6-12(9-11)25(19,22)23;/h3,5-6,9,13-14H,4,7-8,10,18H2,1-2H3,(H,20,21)(H2,19,22,23);1H. The van der Waals surface area contributed by atoms with Crippen LogP contribution in [0.25, 0.3) is 0 Å². The Balaban J connectivity index is 0.00000243. The molecule has 7 nitrogen and oxygen atoms in total. The SMILES string of the molecule is CC1(C)C2OCCCC2C1(N)C(=O)NCc1cccc(S(N)(=O)=O)c1.Cl. The van der Waals surface area contributed by atoms with Crippen molar-refractivity contribution in [3.05, 3.63) is 29.8 Å². The molecule has 1 amide bonds. The molecule has 0 radical (unpaired) electrons. The first-order chi connectivity index (χ1) is 11.6.